The zero-order valence-electron chi connectivity index (χ0n) is 52.0. The highest BCUT2D eigenvalue weighted by atomic mass is 35.5. The van der Waals surface area contributed by atoms with Crippen molar-refractivity contribution in [2.75, 3.05) is 0 Å². The maximum absolute atomic E-state index is 8.49. The predicted octanol–water partition coefficient (Wildman–Crippen LogP) is 18.9. The van der Waals surface area contributed by atoms with Gasteiger partial charge in [0.2, 0.25) is 0 Å². The van der Waals surface area contributed by atoms with Gasteiger partial charge >= 0.3 is 0 Å². The minimum absolute atomic E-state index is 0.130. The Balaban J connectivity index is 0.000000131. The van der Waals surface area contributed by atoms with Gasteiger partial charge in [-0.2, -0.15) is 0 Å². The van der Waals surface area contributed by atoms with Crippen LogP contribution in [0, 0.1) is 6.08 Å². The molecule has 5 nitrogen and oxygen atoms in total. The van der Waals surface area contributed by atoms with Gasteiger partial charge in [0, 0.05) is 40.0 Å². The van der Waals surface area contributed by atoms with Gasteiger partial charge < -0.3 is 0 Å². The van der Waals surface area contributed by atoms with Gasteiger partial charge in [0.25, 0.3) is 0 Å². The fourth-order valence-corrected chi connectivity index (χ4v) is 10.8. The molecule has 0 saturated heterocycles. The van der Waals surface area contributed by atoms with Crippen LogP contribution in [0.25, 0.3) is 122 Å². The zero-order valence-corrected chi connectivity index (χ0v) is 42.8. The molecule has 0 atom stereocenters. The van der Waals surface area contributed by atoms with Crippen LogP contribution in [0.5, 0.6) is 0 Å². The number of hydrogen-bond acceptors (Lipinski definition) is 4. The summed E-state index contributed by atoms with van der Waals surface area (Å²) in [6, 6.07) is 60.5. The molecule has 3 aromatic heterocycles. The van der Waals surface area contributed by atoms with Crippen LogP contribution in [-0.2, 0) is 6.42 Å². The van der Waals surface area contributed by atoms with Crippen molar-refractivity contribution < 1.29 is 13.7 Å². The third-order valence-electron chi connectivity index (χ3n) is 14.3. The molecule has 0 radical (unpaired) electrons. The molecule has 0 unspecified atom stereocenters. The Hall–Kier alpha value is -10.2. The Kier molecular flexibility index (Phi) is 9.71. The number of allylic oxidation sites excluding steroid dienone is 6. The second-order valence-corrected chi connectivity index (χ2v) is 19.4. The molecule has 370 valence electrons. The number of halogens is 1. The van der Waals surface area contributed by atoms with Crippen LogP contribution in [0.3, 0.4) is 0 Å². The lowest BCUT2D eigenvalue weighted by Gasteiger charge is -2.14. The van der Waals surface area contributed by atoms with Gasteiger partial charge in [0.05, 0.1) is 64.0 Å². The first-order valence-electron chi connectivity index (χ1n) is 30.7. The van der Waals surface area contributed by atoms with Crippen molar-refractivity contribution in [1.29, 1.82) is 0 Å². The van der Waals surface area contributed by atoms with Crippen LogP contribution < -0.4 is 0 Å². The Morgan fingerprint density at radius 1 is 0.430 bits per heavy atom. The van der Waals surface area contributed by atoms with Crippen LogP contribution in [0.15, 0.2) is 278 Å². The van der Waals surface area contributed by atoms with Gasteiger partial charge in [-0.15, -0.1) is 0 Å². The van der Waals surface area contributed by atoms with E-state index in [9.17, 15) is 0 Å². The third-order valence-corrected chi connectivity index (χ3v) is 14.5. The summed E-state index contributed by atoms with van der Waals surface area (Å²) in [5, 5.41) is 7.46. The normalized spacial score (nSPS) is 14.1. The summed E-state index contributed by atoms with van der Waals surface area (Å²) in [6.07, 6.45) is 10.5. The third kappa shape index (κ3) is 9.09. The van der Waals surface area contributed by atoms with Crippen LogP contribution in [0.4, 0.5) is 0 Å². The van der Waals surface area contributed by atoms with Crippen LogP contribution in [0.1, 0.15) is 24.8 Å². The maximum Gasteiger partial charge on any atom is 0.165 e. The van der Waals surface area contributed by atoms with Crippen LogP contribution in [-0.4, -0.2) is 24.5 Å². The number of hydrogen-bond donors (Lipinski definition) is 0. The van der Waals surface area contributed by atoms with Crippen molar-refractivity contribution in [3.8, 4) is 50.6 Å². The fraction of sp³-hybridized carbons (Fsp3) is 0.0137. The number of para-hydroxylation sites is 1. The molecule has 0 bridgehead atoms. The van der Waals surface area contributed by atoms with Crippen molar-refractivity contribution in [1.82, 2.24) is 24.5 Å². The van der Waals surface area contributed by atoms with E-state index in [1.807, 2.05) is 91.0 Å². The number of nitrogens with zero attached hydrogens (tertiary/aromatic N) is 5. The fourth-order valence-electron chi connectivity index (χ4n) is 10.5. The molecule has 16 rings (SSSR count). The van der Waals surface area contributed by atoms with E-state index in [4.69, 9.17) is 35.3 Å². The summed E-state index contributed by atoms with van der Waals surface area (Å²) in [7, 11) is 0. The Morgan fingerprint density at radius 2 is 0.975 bits per heavy atom. The van der Waals surface area contributed by atoms with Gasteiger partial charge in [-0.3, -0.25) is 4.57 Å². The minimum atomic E-state index is -0.419. The Labute approximate surface area is 476 Å². The highest BCUT2D eigenvalue weighted by Gasteiger charge is 2.26. The largest absolute Gasteiger partial charge is 0.292 e. The van der Waals surface area contributed by atoms with E-state index in [2.05, 4.69) is 106 Å². The molecule has 0 aliphatic heterocycles. The van der Waals surface area contributed by atoms with E-state index in [-0.39, 0.29) is 64.6 Å². The number of fused-ring (bicyclic) bond motifs is 9. The first kappa shape index (κ1) is 37.6. The Bertz CT molecular complexity index is 5320. The molecule has 79 heavy (non-hydrogen) atoms. The molecule has 3 heterocycles. The highest BCUT2D eigenvalue weighted by molar-refractivity contribution is 6.32. The molecule has 2 aliphatic carbocycles. The lowest BCUT2D eigenvalue weighted by molar-refractivity contribution is 1.08. The van der Waals surface area contributed by atoms with E-state index >= 15 is 0 Å². The van der Waals surface area contributed by atoms with Gasteiger partial charge in [0.15, 0.2) is 11.0 Å². The van der Waals surface area contributed by atoms with E-state index in [0.717, 1.165) is 50.1 Å². The maximum atomic E-state index is 8.49. The molecule has 0 amide bonds. The molecular weight excluding hydrogens is 982 g/mol. The number of rotatable bonds is 5. The molecule has 0 saturated carbocycles. The summed E-state index contributed by atoms with van der Waals surface area (Å²) >= 11 is 6.30. The molecule has 11 aromatic carbocycles. The first-order chi connectivity index (χ1) is 43.2. The van der Waals surface area contributed by atoms with E-state index in [1.54, 1.807) is 36.4 Å². The lowest BCUT2D eigenvalue weighted by atomic mass is 9.99. The average molecular weight is 1040 g/mol. The van der Waals surface area contributed by atoms with Gasteiger partial charge in [-0.1, -0.05) is 212 Å². The topological polar surface area (TPSA) is 56.5 Å². The highest BCUT2D eigenvalue weighted by Crippen LogP contribution is 2.40. The average Bonchev–Trinajstić information content (AvgIpc) is 1.66. The molecule has 6 heteroatoms. The summed E-state index contributed by atoms with van der Waals surface area (Å²) in [5.74, 6) is 0.681. The summed E-state index contributed by atoms with van der Waals surface area (Å²) in [5.41, 5.74) is 14.0. The van der Waals surface area contributed by atoms with E-state index in [1.165, 1.54) is 33.0 Å². The van der Waals surface area contributed by atoms with Gasteiger partial charge in [-0.05, 0) is 104 Å². The van der Waals surface area contributed by atoms with Crippen molar-refractivity contribution in [3.63, 3.8) is 0 Å². The van der Waals surface area contributed by atoms with Crippen LogP contribution in [0.2, 0.25) is 5.15 Å². The predicted molar refractivity (Wildman–Crippen MR) is 329 cm³/mol. The quantitative estimate of drug-likeness (QED) is 0.161. The van der Waals surface area contributed by atoms with E-state index in [0.29, 0.717) is 50.4 Å². The van der Waals surface area contributed by atoms with E-state index < -0.39 is 12.1 Å². The molecule has 14 aromatic rings. The van der Waals surface area contributed by atoms with Crippen LogP contribution >= 0.6 is 11.6 Å². The molecule has 0 N–H and O–H groups in total. The van der Waals surface area contributed by atoms with Crippen molar-refractivity contribution in [2.45, 2.75) is 6.42 Å². The molecular formula is C73H47ClN5+. The SMILES string of the molecule is [2H]c1c([2H])c([2H])c(-c2ccc3nc(-n4c5ccccc5c5cc6ccccc6cc54)c(-c4ccccc4)nc3c2)c([2H])c1[2H].[2H]c1c([2H])c([2H])c(-c2ccc3nc(Cl)c(-c4ccccc4)nc3c2)c([2H])c1[2H].[C+]1=CC2=C(C=C1)c1cc3ccccc3cc1C2. The Morgan fingerprint density at radius 3 is 1.63 bits per heavy atom. The molecule has 0 fully saturated rings. The van der Waals surface area contributed by atoms with Crippen molar-refractivity contribution in [3.05, 3.63) is 301 Å². The standard InChI is InChI=1S/C36H23N3.C20H13ClN2.C17H11/c1-3-11-24(12-4-1)28-19-20-31-32(22-28)37-35(25-13-5-2-6-14-25)36(38-31)39-33-18-10-9-17-29(33)30-21-26-15-7-8-16-27(26)23-34(30)39;21-20-19(15-9-5-2-6-10-15)22-18-13-16(11-12-17(18)23-20)14-7-3-1-4-8-14;1-2-6-13-11-17-15(9-12(13)5-1)10-14-7-3-4-8-16(14)17/h1-23H;1-13H;1-2,4-9,11H,10H2/q;;+1/i1D,3D,4D,11D,12D;1D,3D,4D,7D,8D;. The monoisotopic (exact) mass is 1040 g/mol. The van der Waals surface area contributed by atoms with Crippen molar-refractivity contribution in [2.24, 2.45) is 0 Å². The number of aromatic nitrogens is 5. The number of benzene rings is 11. The minimum Gasteiger partial charge on any atom is -0.292 e. The second kappa shape index (κ2) is 20.4. The second-order valence-electron chi connectivity index (χ2n) is 19.1. The smallest absolute Gasteiger partial charge is 0.165 e. The lowest BCUT2D eigenvalue weighted by Crippen LogP contribution is -2.03. The molecule has 2 aliphatic rings. The zero-order chi connectivity index (χ0) is 61.4. The first-order valence-corrected chi connectivity index (χ1v) is 26.1. The van der Waals surface area contributed by atoms with Gasteiger partial charge in [-0.25, -0.2) is 19.9 Å². The summed E-state index contributed by atoms with van der Waals surface area (Å²) < 4.78 is 83.2. The summed E-state index contributed by atoms with van der Waals surface area (Å²) in [6.45, 7) is 0. The summed E-state index contributed by atoms with van der Waals surface area (Å²) in [4.78, 5) is 19.3. The van der Waals surface area contributed by atoms with Crippen molar-refractivity contribution >= 4 is 82.6 Å². The molecule has 0 spiro atoms. The van der Waals surface area contributed by atoms with Gasteiger partial charge in [0.1, 0.15) is 23.5 Å².